The van der Waals surface area contributed by atoms with Crippen LogP contribution >= 0.6 is 0 Å². The smallest absolute Gasteiger partial charge is 0.137 e. The summed E-state index contributed by atoms with van der Waals surface area (Å²) in [5.74, 6) is 1.02. The van der Waals surface area contributed by atoms with Gasteiger partial charge < -0.3 is 10.3 Å². The number of H-pyrrole nitrogens is 1. The summed E-state index contributed by atoms with van der Waals surface area (Å²) in [4.78, 5) is 16.3. The number of nitrogens with zero attached hydrogens (tertiary/aromatic N) is 3. The first-order chi connectivity index (χ1) is 11.9. The van der Waals surface area contributed by atoms with Crippen molar-refractivity contribution in [3.63, 3.8) is 0 Å². The molecule has 4 aromatic rings. The van der Waals surface area contributed by atoms with Crippen LogP contribution in [0.5, 0.6) is 0 Å². The van der Waals surface area contributed by atoms with Crippen molar-refractivity contribution in [1.29, 1.82) is 0 Å². The Labute approximate surface area is 139 Å². The molecule has 0 saturated carbocycles. The van der Waals surface area contributed by atoms with Crippen LogP contribution in [-0.4, -0.2) is 26.5 Å². The molecule has 1 unspecified atom stereocenters. The molecule has 0 spiro atoms. The maximum absolute atomic E-state index is 4.41. The molecule has 3 heterocycles. The standard InChI is InChI=1S/C19H17N5/c1-2-7-17-15(6-1)19(24-13-23-17)22-12-16(18-8-4-10-21-18)14-5-3-9-20-11-14/h1-11,13,16,21H,12H2,(H,22,23,24). The molecule has 1 atom stereocenters. The van der Waals surface area contributed by atoms with Gasteiger partial charge in [-0.2, -0.15) is 0 Å². The Bertz CT molecular complexity index is 914. The minimum Gasteiger partial charge on any atom is -0.368 e. The third-order valence-electron chi connectivity index (χ3n) is 4.10. The molecule has 0 saturated heterocycles. The third-order valence-corrected chi connectivity index (χ3v) is 4.10. The monoisotopic (exact) mass is 315 g/mol. The van der Waals surface area contributed by atoms with Gasteiger partial charge in [-0.3, -0.25) is 4.98 Å². The second-order valence-electron chi connectivity index (χ2n) is 5.58. The van der Waals surface area contributed by atoms with Crippen LogP contribution < -0.4 is 5.32 Å². The molecule has 3 aromatic heterocycles. The molecule has 4 rings (SSSR count). The van der Waals surface area contributed by atoms with E-state index in [-0.39, 0.29) is 5.92 Å². The summed E-state index contributed by atoms with van der Waals surface area (Å²) in [6, 6.07) is 16.2. The first-order valence-electron chi connectivity index (χ1n) is 7.88. The highest BCUT2D eigenvalue weighted by atomic mass is 15.0. The van der Waals surface area contributed by atoms with Crippen molar-refractivity contribution >= 4 is 16.7 Å². The van der Waals surface area contributed by atoms with E-state index in [4.69, 9.17) is 0 Å². The predicted molar refractivity (Wildman–Crippen MR) is 94.9 cm³/mol. The summed E-state index contributed by atoms with van der Waals surface area (Å²) in [7, 11) is 0. The summed E-state index contributed by atoms with van der Waals surface area (Å²) < 4.78 is 0. The van der Waals surface area contributed by atoms with Gasteiger partial charge in [0.15, 0.2) is 0 Å². The van der Waals surface area contributed by atoms with E-state index in [1.807, 2.05) is 48.8 Å². The lowest BCUT2D eigenvalue weighted by atomic mass is 9.97. The van der Waals surface area contributed by atoms with Crippen LogP contribution in [-0.2, 0) is 0 Å². The van der Waals surface area contributed by atoms with Crippen molar-refractivity contribution in [3.8, 4) is 0 Å². The van der Waals surface area contributed by atoms with Crippen LogP contribution in [0.25, 0.3) is 10.9 Å². The number of aromatic nitrogens is 4. The van der Waals surface area contributed by atoms with E-state index in [9.17, 15) is 0 Å². The van der Waals surface area contributed by atoms with E-state index >= 15 is 0 Å². The van der Waals surface area contributed by atoms with Crippen molar-refractivity contribution in [2.45, 2.75) is 5.92 Å². The third kappa shape index (κ3) is 2.84. The van der Waals surface area contributed by atoms with Gasteiger partial charge in [0.1, 0.15) is 12.1 Å². The minimum atomic E-state index is 0.169. The predicted octanol–water partition coefficient (Wildman–Crippen LogP) is 3.60. The molecule has 0 aliphatic heterocycles. The van der Waals surface area contributed by atoms with Gasteiger partial charge in [0, 0.05) is 42.1 Å². The number of nitrogens with one attached hydrogen (secondary N) is 2. The second kappa shape index (κ2) is 6.50. The summed E-state index contributed by atoms with van der Waals surface area (Å²) in [5.41, 5.74) is 3.24. The summed E-state index contributed by atoms with van der Waals surface area (Å²) in [6.45, 7) is 0.715. The van der Waals surface area contributed by atoms with E-state index in [1.165, 1.54) is 0 Å². The summed E-state index contributed by atoms with van der Waals surface area (Å²) >= 11 is 0. The molecule has 0 aliphatic rings. The number of benzene rings is 1. The molecule has 0 aliphatic carbocycles. The van der Waals surface area contributed by atoms with Crippen LogP contribution in [0, 0.1) is 0 Å². The van der Waals surface area contributed by atoms with E-state index in [1.54, 1.807) is 12.5 Å². The van der Waals surface area contributed by atoms with E-state index in [0.29, 0.717) is 6.54 Å². The molecule has 0 fully saturated rings. The van der Waals surface area contributed by atoms with E-state index < -0.39 is 0 Å². The molecular formula is C19H17N5. The quantitative estimate of drug-likeness (QED) is 0.590. The van der Waals surface area contributed by atoms with Crippen LogP contribution in [0.2, 0.25) is 0 Å². The topological polar surface area (TPSA) is 66.5 Å². The molecular weight excluding hydrogens is 298 g/mol. The fourth-order valence-corrected chi connectivity index (χ4v) is 2.89. The maximum atomic E-state index is 4.41. The first kappa shape index (κ1) is 14.4. The van der Waals surface area contributed by atoms with Gasteiger partial charge in [-0.05, 0) is 35.9 Å². The number of hydrogen-bond donors (Lipinski definition) is 2. The molecule has 2 N–H and O–H groups in total. The Morgan fingerprint density at radius 3 is 2.79 bits per heavy atom. The van der Waals surface area contributed by atoms with Gasteiger partial charge in [-0.1, -0.05) is 18.2 Å². The van der Waals surface area contributed by atoms with Gasteiger partial charge in [0.05, 0.1) is 5.52 Å². The van der Waals surface area contributed by atoms with Gasteiger partial charge in [-0.25, -0.2) is 9.97 Å². The fraction of sp³-hybridized carbons (Fsp3) is 0.105. The van der Waals surface area contributed by atoms with E-state index in [0.717, 1.165) is 28.0 Å². The van der Waals surface area contributed by atoms with Crippen LogP contribution in [0.15, 0.2) is 73.4 Å². The molecule has 5 heteroatoms. The second-order valence-corrected chi connectivity index (χ2v) is 5.58. The van der Waals surface area contributed by atoms with Crippen molar-refractivity contribution in [2.75, 3.05) is 11.9 Å². The number of aromatic amines is 1. The Balaban J connectivity index is 1.64. The largest absolute Gasteiger partial charge is 0.368 e. The van der Waals surface area contributed by atoms with Crippen molar-refractivity contribution in [3.05, 3.63) is 84.7 Å². The molecule has 5 nitrogen and oxygen atoms in total. The lowest BCUT2D eigenvalue weighted by Gasteiger charge is -2.17. The van der Waals surface area contributed by atoms with Gasteiger partial charge in [0.2, 0.25) is 0 Å². The van der Waals surface area contributed by atoms with Gasteiger partial charge in [0.25, 0.3) is 0 Å². The normalized spacial score (nSPS) is 12.2. The molecule has 118 valence electrons. The molecule has 0 radical (unpaired) electrons. The van der Waals surface area contributed by atoms with Gasteiger partial charge >= 0.3 is 0 Å². The van der Waals surface area contributed by atoms with Crippen LogP contribution in [0.3, 0.4) is 0 Å². The molecule has 0 amide bonds. The number of anilines is 1. The zero-order chi connectivity index (χ0) is 16.2. The highest BCUT2D eigenvalue weighted by molar-refractivity contribution is 5.88. The average Bonchev–Trinajstić information content (AvgIpc) is 3.17. The lowest BCUT2D eigenvalue weighted by Crippen LogP contribution is -2.15. The Morgan fingerprint density at radius 1 is 1.00 bits per heavy atom. The van der Waals surface area contributed by atoms with Crippen molar-refractivity contribution < 1.29 is 0 Å². The Hall–Kier alpha value is -3.21. The van der Waals surface area contributed by atoms with Gasteiger partial charge in [-0.15, -0.1) is 0 Å². The number of rotatable bonds is 5. The van der Waals surface area contributed by atoms with Crippen molar-refractivity contribution in [2.24, 2.45) is 0 Å². The minimum absolute atomic E-state index is 0.169. The zero-order valence-corrected chi connectivity index (χ0v) is 13.1. The summed E-state index contributed by atoms with van der Waals surface area (Å²) in [6.07, 6.45) is 7.24. The maximum Gasteiger partial charge on any atom is 0.137 e. The molecule has 24 heavy (non-hydrogen) atoms. The molecule has 1 aromatic carbocycles. The number of fused-ring (bicyclic) bond motifs is 1. The Morgan fingerprint density at radius 2 is 1.96 bits per heavy atom. The van der Waals surface area contributed by atoms with Crippen LogP contribution in [0.4, 0.5) is 5.82 Å². The number of hydrogen-bond acceptors (Lipinski definition) is 4. The summed E-state index contributed by atoms with van der Waals surface area (Å²) in [5, 5.41) is 4.50. The fourth-order valence-electron chi connectivity index (χ4n) is 2.89. The number of pyridine rings is 1. The van der Waals surface area contributed by atoms with E-state index in [2.05, 4.69) is 37.4 Å². The lowest BCUT2D eigenvalue weighted by molar-refractivity contribution is 0.816. The zero-order valence-electron chi connectivity index (χ0n) is 13.1. The average molecular weight is 315 g/mol. The van der Waals surface area contributed by atoms with Crippen LogP contribution in [0.1, 0.15) is 17.2 Å². The van der Waals surface area contributed by atoms with Crippen molar-refractivity contribution in [1.82, 2.24) is 19.9 Å². The first-order valence-corrected chi connectivity index (χ1v) is 7.88. The highest BCUT2D eigenvalue weighted by Crippen LogP contribution is 2.25. The Kier molecular flexibility index (Phi) is 3.90. The SMILES string of the molecule is c1cncc(C(CNc2ncnc3ccccc23)c2ccc[nH]2)c1. The molecule has 0 bridgehead atoms. The highest BCUT2D eigenvalue weighted by Gasteiger charge is 2.16. The number of para-hydroxylation sites is 1.